The molecule has 1 atom stereocenters. The summed E-state index contributed by atoms with van der Waals surface area (Å²) in [5, 5.41) is 27.6. The molecule has 17 heavy (non-hydrogen) atoms. The molecule has 8 heteroatoms. The van der Waals surface area contributed by atoms with Gasteiger partial charge in [0.1, 0.15) is 5.84 Å². The SMILES string of the molecule is N=C1N=C2C(N=CN2CC(CO)CO)C(=O)N1. The first kappa shape index (κ1) is 11.7. The van der Waals surface area contributed by atoms with E-state index in [-0.39, 0.29) is 31.0 Å². The van der Waals surface area contributed by atoms with Crippen LogP contribution in [0.2, 0.25) is 0 Å². The third kappa shape index (κ3) is 2.17. The molecule has 1 amide bonds. The summed E-state index contributed by atoms with van der Waals surface area (Å²) in [5.74, 6) is -0.572. The third-order valence-electron chi connectivity index (χ3n) is 2.58. The molecule has 0 saturated carbocycles. The summed E-state index contributed by atoms with van der Waals surface area (Å²) >= 11 is 0. The van der Waals surface area contributed by atoms with Gasteiger partial charge in [0.15, 0.2) is 6.04 Å². The molecule has 0 aliphatic carbocycles. The Labute approximate surface area is 97.2 Å². The number of aliphatic hydroxyl groups is 2. The highest BCUT2D eigenvalue weighted by atomic mass is 16.3. The molecule has 2 heterocycles. The molecular formula is C9H13N5O3. The highest BCUT2D eigenvalue weighted by molar-refractivity contribution is 6.23. The summed E-state index contributed by atoms with van der Waals surface area (Å²) in [6.45, 7) is -0.0166. The van der Waals surface area contributed by atoms with Crippen molar-refractivity contribution in [2.24, 2.45) is 15.9 Å². The highest BCUT2D eigenvalue weighted by Gasteiger charge is 2.36. The molecule has 0 spiro atoms. The Hall–Kier alpha value is -1.80. The van der Waals surface area contributed by atoms with Gasteiger partial charge in [-0.15, -0.1) is 0 Å². The summed E-state index contributed by atoms with van der Waals surface area (Å²) in [7, 11) is 0. The average molecular weight is 239 g/mol. The Morgan fingerprint density at radius 2 is 2.24 bits per heavy atom. The van der Waals surface area contributed by atoms with Crippen LogP contribution in [-0.4, -0.2) is 65.0 Å². The Balaban J connectivity index is 2.14. The molecule has 92 valence electrons. The second kappa shape index (κ2) is 4.60. The van der Waals surface area contributed by atoms with Gasteiger partial charge in [0.05, 0.1) is 6.34 Å². The van der Waals surface area contributed by atoms with Crippen LogP contribution in [-0.2, 0) is 4.79 Å². The predicted molar refractivity (Wildman–Crippen MR) is 60.0 cm³/mol. The number of aliphatic hydroxyl groups excluding tert-OH is 2. The molecule has 2 aliphatic heterocycles. The minimum Gasteiger partial charge on any atom is -0.396 e. The lowest BCUT2D eigenvalue weighted by Crippen LogP contribution is -2.49. The molecule has 0 fully saturated rings. The van der Waals surface area contributed by atoms with Crippen LogP contribution in [0.1, 0.15) is 0 Å². The van der Waals surface area contributed by atoms with E-state index in [1.807, 2.05) is 0 Å². The van der Waals surface area contributed by atoms with Crippen molar-refractivity contribution in [3.63, 3.8) is 0 Å². The number of guanidine groups is 1. The Bertz CT molecular complexity index is 401. The van der Waals surface area contributed by atoms with Crippen LogP contribution in [0, 0.1) is 11.3 Å². The molecule has 4 N–H and O–H groups in total. The first-order valence-corrected chi connectivity index (χ1v) is 5.15. The quantitative estimate of drug-likeness (QED) is 0.443. The van der Waals surface area contributed by atoms with Crippen molar-refractivity contribution in [2.45, 2.75) is 6.04 Å². The number of fused-ring (bicyclic) bond motifs is 1. The number of hydrogen-bond acceptors (Lipinski definition) is 6. The fourth-order valence-electron chi connectivity index (χ4n) is 1.66. The fraction of sp³-hybridized carbons (Fsp3) is 0.556. The van der Waals surface area contributed by atoms with Crippen LogP contribution in [0.5, 0.6) is 0 Å². The molecule has 0 bridgehead atoms. The predicted octanol–water partition coefficient (Wildman–Crippen LogP) is -2.24. The maximum absolute atomic E-state index is 11.5. The molecule has 1 unspecified atom stereocenters. The van der Waals surface area contributed by atoms with Gasteiger partial charge in [-0.1, -0.05) is 0 Å². The minimum atomic E-state index is -0.720. The number of hydrogen-bond donors (Lipinski definition) is 4. The number of carbonyl (C=O) groups excluding carboxylic acids is 1. The van der Waals surface area contributed by atoms with E-state index in [4.69, 9.17) is 15.6 Å². The first-order chi connectivity index (χ1) is 8.15. The van der Waals surface area contributed by atoms with Gasteiger partial charge in [-0.25, -0.2) is 0 Å². The van der Waals surface area contributed by atoms with Crippen molar-refractivity contribution < 1.29 is 15.0 Å². The summed E-state index contributed by atoms with van der Waals surface area (Å²) in [6, 6.07) is -0.720. The normalized spacial score (nSPS) is 22.9. The number of amides is 1. The van der Waals surface area contributed by atoms with Crippen LogP contribution < -0.4 is 5.32 Å². The Morgan fingerprint density at radius 1 is 1.53 bits per heavy atom. The van der Waals surface area contributed by atoms with Gasteiger partial charge < -0.3 is 15.1 Å². The van der Waals surface area contributed by atoms with Gasteiger partial charge in [-0.05, 0) is 0 Å². The topological polar surface area (TPSA) is 121 Å². The molecular weight excluding hydrogens is 226 g/mol. The second-order valence-corrected chi connectivity index (χ2v) is 3.86. The molecule has 8 nitrogen and oxygen atoms in total. The lowest BCUT2D eigenvalue weighted by Gasteiger charge is -2.24. The Morgan fingerprint density at radius 3 is 2.88 bits per heavy atom. The lowest BCUT2D eigenvalue weighted by atomic mass is 10.1. The summed E-state index contributed by atoms with van der Waals surface area (Å²) in [6.07, 6.45) is 1.44. The minimum absolute atomic E-state index is 0.164. The summed E-state index contributed by atoms with van der Waals surface area (Å²) in [4.78, 5) is 20.9. The van der Waals surface area contributed by atoms with Crippen LogP contribution in [0.25, 0.3) is 0 Å². The number of rotatable bonds is 4. The third-order valence-corrected chi connectivity index (χ3v) is 2.58. The number of nitrogens with one attached hydrogen (secondary N) is 2. The first-order valence-electron chi connectivity index (χ1n) is 5.15. The monoisotopic (exact) mass is 239 g/mol. The number of aliphatic imine (C=N–C) groups is 2. The molecule has 2 rings (SSSR count). The van der Waals surface area contributed by atoms with Crippen molar-refractivity contribution in [3.8, 4) is 0 Å². The molecule has 0 saturated heterocycles. The van der Waals surface area contributed by atoms with Gasteiger partial charge in [-0.2, -0.15) is 4.99 Å². The van der Waals surface area contributed by atoms with E-state index in [9.17, 15) is 4.79 Å². The highest BCUT2D eigenvalue weighted by Crippen LogP contribution is 2.13. The van der Waals surface area contributed by atoms with Crippen molar-refractivity contribution in [3.05, 3.63) is 0 Å². The van der Waals surface area contributed by atoms with Gasteiger partial charge in [0.2, 0.25) is 5.96 Å². The van der Waals surface area contributed by atoms with Crippen molar-refractivity contribution in [1.82, 2.24) is 10.2 Å². The molecule has 0 aromatic carbocycles. The maximum atomic E-state index is 11.5. The second-order valence-electron chi connectivity index (χ2n) is 3.86. The fourth-order valence-corrected chi connectivity index (χ4v) is 1.66. The molecule has 2 aliphatic rings. The smallest absolute Gasteiger partial charge is 0.259 e. The van der Waals surface area contributed by atoms with E-state index in [0.29, 0.717) is 12.4 Å². The van der Waals surface area contributed by atoms with Crippen LogP contribution in [0.4, 0.5) is 0 Å². The zero-order valence-electron chi connectivity index (χ0n) is 9.00. The van der Waals surface area contributed by atoms with E-state index < -0.39 is 6.04 Å². The molecule has 0 radical (unpaired) electrons. The lowest BCUT2D eigenvalue weighted by molar-refractivity contribution is -0.119. The average Bonchev–Trinajstić information content (AvgIpc) is 2.69. The number of amidine groups is 1. The largest absolute Gasteiger partial charge is 0.396 e. The van der Waals surface area contributed by atoms with Gasteiger partial charge in [0, 0.05) is 25.7 Å². The van der Waals surface area contributed by atoms with Gasteiger partial charge >= 0.3 is 0 Å². The number of nitrogens with zero attached hydrogens (tertiary/aromatic N) is 3. The van der Waals surface area contributed by atoms with Crippen molar-refractivity contribution in [1.29, 1.82) is 5.41 Å². The van der Waals surface area contributed by atoms with E-state index in [1.165, 1.54) is 6.34 Å². The number of carbonyl (C=O) groups is 1. The summed E-state index contributed by atoms with van der Waals surface area (Å²) in [5.41, 5.74) is 0. The van der Waals surface area contributed by atoms with Crippen molar-refractivity contribution in [2.75, 3.05) is 19.8 Å². The van der Waals surface area contributed by atoms with E-state index in [0.717, 1.165) is 0 Å². The van der Waals surface area contributed by atoms with Crippen molar-refractivity contribution >= 4 is 24.0 Å². The summed E-state index contributed by atoms with van der Waals surface area (Å²) < 4.78 is 0. The molecule has 0 aromatic rings. The maximum Gasteiger partial charge on any atom is 0.259 e. The van der Waals surface area contributed by atoms with Gasteiger partial charge in [0.25, 0.3) is 5.91 Å². The van der Waals surface area contributed by atoms with E-state index in [2.05, 4.69) is 15.3 Å². The Kier molecular flexibility index (Phi) is 3.16. The van der Waals surface area contributed by atoms with Crippen LogP contribution in [0.3, 0.4) is 0 Å². The zero-order chi connectivity index (χ0) is 12.4. The van der Waals surface area contributed by atoms with Gasteiger partial charge in [-0.3, -0.25) is 20.5 Å². The molecule has 0 aromatic heterocycles. The van der Waals surface area contributed by atoms with E-state index in [1.54, 1.807) is 4.90 Å². The standard InChI is InChI=1S/C9H13N5O3/c10-9-12-7-6(8(17)13-9)11-4-14(7)1-5(2-15)3-16/h4-6,15-16H,1-3H2,(H2,10,13,17). The van der Waals surface area contributed by atoms with Crippen LogP contribution >= 0.6 is 0 Å². The van der Waals surface area contributed by atoms with Crippen LogP contribution in [0.15, 0.2) is 9.98 Å². The zero-order valence-corrected chi connectivity index (χ0v) is 9.00. The van der Waals surface area contributed by atoms with E-state index >= 15 is 0 Å².